The van der Waals surface area contributed by atoms with Gasteiger partial charge in [0.1, 0.15) is 4.32 Å². The smallest absolute Gasteiger partial charge is 0.267 e. The molecule has 3 nitrogen and oxygen atoms in total. The van der Waals surface area contributed by atoms with E-state index in [4.69, 9.17) is 12.2 Å². The lowest BCUT2D eigenvalue weighted by molar-refractivity contribution is -0.121. The first-order chi connectivity index (χ1) is 7.18. The highest BCUT2D eigenvalue weighted by Crippen LogP contribution is 2.30. The van der Waals surface area contributed by atoms with E-state index in [0.717, 1.165) is 18.0 Å². The molecule has 2 fully saturated rings. The summed E-state index contributed by atoms with van der Waals surface area (Å²) in [6.45, 7) is 2.13. The van der Waals surface area contributed by atoms with Gasteiger partial charge in [0.05, 0.1) is 4.91 Å². The summed E-state index contributed by atoms with van der Waals surface area (Å²) in [5.74, 6) is 0.0376. The molecule has 82 valence electrons. The number of likely N-dealkylation sites (N-methyl/N-ethyl adjacent to an activating group) is 1. The number of hydrogen-bond acceptors (Lipinski definition) is 4. The number of piperidine rings is 1. The number of carbonyl (C=O) groups excluding carboxylic acids is 1. The van der Waals surface area contributed by atoms with E-state index in [-0.39, 0.29) is 5.91 Å². The van der Waals surface area contributed by atoms with Gasteiger partial charge in [-0.25, -0.2) is 0 Å². The van der Waals surface area contributed by atoms with Gasteiger partial charge in [-0.2, -0.15) is 0 Å². The summed E-state index contributed by atoms with van der Waals surface area (Å²) in [5, 5.41) is 0. The summed E-state index contributed by atoms with van der Waals surface area (Å²) >= 11 is 6.47. The SMILES string of the molecule is CN1C(=O)/C(=C\N2CCCCC2)SC1=S. The fourth-order valence-corrected chi connectivity index (χ4v) is 2.94. The van der Waals surface area contributed by atoms with Crippen LogP contribution >= 0.6 is 24.0 Å². The molecule has 5 heteroatoms. The molecular formula is C10H14N2OS2. The molecule has 0 radical (unpaired) electrons. The lowest BCUT2D eigenvalue weighted by Gasteiger charge is -2.25. The van der Waals surface area contributed by atoms with Crippen LogP contribution in [0.25, 0.3) is 0 Å². The Labute approximate surface area is 99.5 Å². The lowest BCUT2D eigenvalue weighted by atomic mass is 10.1. The second-order valence-corrected chi connectivity index (χ2v) is 5.50. The molecule has 0 aromatic carbocycles. The Bertz CT molecular complexity index is 321. The number of rotatable bonds is 1. The zero-order valence-electron chi connectivity index (χ0n) is 8.73. The molecule has 0 spiro atoms. The van der Waals surface area contributed by atoms with Crippen LogP contribution in [0.5, 0.6) is 0 Å². The third-order valence-corrected chi connectivity index (χ3v) is 4.15. The third-order valence-electron chi connectivity index (χ3n) is 2.68. The largest absolute Gasteiger partial charge is 0.376 e. The number of nitrogens with zero attached hydrogens (tertiary/aromatic N) is 2. The van der Waals surface area contributed by atoms with E-state index in [2.05, 4.69) is 4.90 Å². The molecule has 1 amide bonds. The fourth-order valence-electron chi connectivity index (χ4n) is 1.75. The maximum atomic E-state index is 11.7. The Hall–Kier alpha value is -0.550. The third kappa shape index (κ3) is 2.34. The van der Waals surface area contributed by atoms with Crippen LogP contribution < -0.4 is 0 Å². The molecule has 0 saturated carbocycles. The van der Waals surface area contributed by atoms with Gasteiger partial charge >= 0.3 is 0 Å². The summed E-state index contributed by atoms with van der Waals surface area (Å²) in [4.78, 5) is 16.2. The highest BCUT2D eigenvalue weighted by Gasteiger charge is 2.29. The highest BCUT2D eigenvalue weighted by atomic mass is 32.2. The molecule has 0 aromatic rings. The first kappa shape index (κ1) is 11.0. The molecule has 2 rings (SSSR count). The molecule has 2 aliphatic rings. The predicted molar refractivity (Wildman–Crippen MR) is 66.5 cm³/mol. The molecule has 0 unspecified atom stereocenters. The van der Waals surface area contributed by atoms with Crippen molar-refractivity contribution in [2.45, 2.75) is 19.3 Å². The van der Waals surface area contributed by atoms with Crippen LogP contribution in [0.3, 0.4) is 0 Å². The van der Waals surface area contributed by atoms with Crippen LogP contribution in [0.4, 0.5) is 0 Å². The Morgan fingerprint density at radius 1 is 1.33 bits per heavy atom. The van der Waals surface area contributed by atoms with E-state index in [9.17, 15) is 4.79 Å². The van der Waals surface area contributed by atoms with Gasteiger partial charge in [0.15, 0.2) is 0 Å². The number of amides is 1. The number of carbonyl (C=O) groups is 1. The van der Waals surface area contributed by atoms with Gasteiger partial charge in [-0.05, 0) is 19.3 Å². The molecule has 15 heavy (non-hydrogen) atoms. The number of hydrogen-bond donors (Lipinski definition) is 0. The summed E-state index contributed by atoms with van der Waals surface area (Å²) in [6.07, 6.45) is 5.73. The molecule has 0 aromatic heterocycles. The van der Waals surface area contributed by atoms with Gasteiger partial charge in [-0.15, -0.1) is 0 Å². The van der Waals surface area contributed by atoms with E-state index >= 15 is 0 Å². The van der Waals surface area contributed by atoms with Crippen molar-refractivity contribution in [1.29, 1.82) is 0 Å². The van der Waals surface area contributed by atoms with E-state index < -0.39 is 0 Å². The number of thiocarbonyl (C=S) groups is 1. The van der Waals surface area contributed by atoms with Crippen molar-refractivity contribution in [2.75, 3.05) is 20.1 Å². The van der Waals surface area contributed by atoms with Crippen molar-refractivity contribution in [1.82, 2.24) is 9.80 Å². The second-order valence-electron chi connectivity index (χ2n) is 3.82. The van der Waals surface area contributed by atoms with Gasteiger partial charge in [0, 0.05) is 26.3 Å². The Morgan fingerprint density at radius 3 is 2.53 bits per heavy atom. The normalized spacial score (nSPS) is 25.5. The zero-order valence-corrected chi connectivity index (χ0v) is 10.4. The van der Waals surface area contributed by atoms with Crippen LogP contribution in [-0.4, -0.2) is 40.2 Å². The maximum Gasteiger partial charge on any atom is 0.267 e. The van der Waals surface area contributed by atoms with Gasteiger partial charge in [0.2, 0.25) is 0 Å². The van der Waals surface area contributed by atoms with Gasteiger partial charge in [0.25, 0.3) is 5.91 Å². The minimum absolute atomic E-state index is 0.0376. The molecule has 2 saturated heterocycles. The maximum absolute atomic E-state index is 11.7. The van der Waals surface area contributed by atoms with Crippen molar-refractivity contribution in [3.8, 4) is 0 Å². The van der Waals surface area contributed by atoms with Crippen molar-refractivity contribution in [3.05, 3.63) is 11.1 Å². The summed E-state index contributed by atoms with van der Waals surface area (Å²) in [5.41, 5.74) is 0. The van der Waals surface area contributed by atoms with Crippen molar-refractivity contribution >= 4 is 34.2 Å². The molecule has 2 heterocycles. The number of likely N-dealkylation sites (tertiary alicyclic amines) is 1. The Kier molecular flexibility index (Phi) is 3.31. The minimum atomic E-state index is 0.0376. The molecule has 0 N–H and O–H groups in total. The van der Waals surface area contributed by atoms with Crippen LogP contribution in [0.1, 0.15) is 19.3 Å². The van der Waals surface area contributed by atoms with Crippen molar-refractivity contribution < 1.29 is 4.79 Å². The van der Waals surface area contributed by atoms with Gasteiger partial charge in [-0.1, -0.05) is 24.0 Å². The van der Waals surface area contributed by atoms with Crippen molar-refractivity contribution in [3.63, 3.8) is 0 Å². The standard InChI is InChI=1S/C10H14N2OS2/c1-11-9(13)8(15-10(11)14)7-12-5-3-2-4-6-12/h7H,2-6H2,1H3/b8-7+. The van der Waals surface area contributed by atoms with E-state index in [0.29, 0.717) is 4.32 Å². The molecule has 2 aliphatic heterocycles. The minimum Gasteiger partial charge on any atom is -0.376 e. The van der Waals surface area contributed by atoms with E-state index in [1.165, 1.54) is 35.9 Å². The Balaban J connectivity index is 2.07. The quantitative estimate of drug-likeness (QED) is 0.517. The molecule has 0 bridgehead atoms. The monoisotopic (exact) mass is 242 g/mol. The Morgan fingerprint density at radius 2 is 2.00 bits per heavy atom. The van der Waals surface area contributed by atoms with Crippen molar-refractivity contribution in [2.24, 2.45) is 0 Å². The van der Waals surface area contributed by atoms with Crippen LogP contribution in [0, 0.1) is 0 Å². The second kappa shape index (κ2) is 4.53. The highest BCUT2D eigenvalue weighted by molar-refractivity contribution is 8.26. The zero-order chi connectivity index (χ0) is 10.8. The summed E-state index contributed by atoms with van der Waals surface area (Å²) < 4.78 is 0.656. The van der Waals surface area contributed by atoms with Crippen LogP contribution in [0.2, 0.25) is 0 Å². The predicted octanol–water partition coefficient (Wildman–Crippen LogP) is 1.80. The topological polar surface area (TPSA) is 23.6 Å². The van der Waals surface area contributed by atoms with Crippen LogP contribution in [-0.2, 0) is 4.79 Å². The average Bonchev–Trinajstić information content (AvgIpc) is 2.48. The lowest BCUT2D eigenvalue weighted by Crippen LogP contribution is -2.26. The van der Waals surface area contributed by atoms with E-state index in [1.807, 2.05) is 6.20 Å². The average molecular weight is 242 g/mol. The fraction of sp³-hybridized carbons (Fsp3) is 0.600. The van der Waals surface area contributed by atoms with Gasteiger partial charge < -0.3 is 4.90 Å². The molecule has 0 atom stereocenters. The summed E-state index contributed by atoms with van der Waals surface area (Å²) in [7, 11) is 1.73. The van der Waals surface area contributed by atoms with E-state index in [1.54, 1.807) is 7.05 Å². The summed E-state index contributed by atoms with van der Waals surface area (Å²) in [6, 6.07) is 0. The molecule has 0 aliphatic carbocycles. The first-order valence-electron chi connectivity index (χ1n) is 5.14. The van der Waals surface area contributed by atoms with Crippen LogP contribution in [0.15, 0.2) is 11.1 Å². The number of thioether (sulfide) groups is 1. The van der Waals surface area contributed by atoms with Gasteiger partial charge in [-0.3, -0.25) is 9.69 Å². The molecular weight excluding hydrogens is 228 g/mol. The first-order valence-corrected chi connectivity index (χ1v) is 6.36.